The summed E-state index contributed by atoms with van der Waals surface area (Å²) in [6.45, 7) is 0.513. The summed E-state index contributed by atoms with van der Waals surface area (Å²) in [5.41, 5.74) is -0.511. The standard InChI is InChI=1S/C18H22N2O2S/c1-2-18(10-5-3-6-11-18)20-17(21)16-15(9-14-23-16)22-13-8-4-7-12-19/h1,9,14H,3-8,10-11,13H2,(H,20,21). The molecule has 4 nitrogen and oxygen atoms in total. The van der Waals surface area contributed by atoms with E-state index in [1.165, 1.54) is 17.8 Å². The van der Waals surface area contributed by atoms with E-state index in [-0.39, 0.29) is 5.91 Å². The fourth-order valence-electron chi connectivity index (χ4n) is 2.80. The van der Waals surface area contributed by atoms with Gasteiger partial charge >= 0.3 is 0 Å². The molecule has 1 heterocycles. The van der Waals surface area contributed by atoms with Gasteiger partial charge in [-0.05, 0) is 37.1 Å². The number of nitriles is 1. The van der Waals surface area contributed by atoms with Gasteiger partial charge in [-0.1, -0.05) is 25.2 Å². The molecule has 0 unspecified atom stereocenters. The number of nitrogens with one attached hydrogen (secondary N) is 1. The van der Waals surface area contributed by atoms with E-state index in [1.807, 2.05) is 11.4 Å². The monoisotopic (exact) mass is 330 g/mol. The van der Waals surface area contributed by atoms with Crippen molar-refractivity contribution in [2.45, 2.75) is 56.9 Å². The summed E-state index contributed by atoms with van der Waals surface area (Å²) in [6, 6.07) is 3.92. The molecular formula is C18H22N2O2S. The highest BCUT2D eigenvalue weighted by molar-refractivity contribution is 7.12. The van der Waals surface area contributed by atoms with E-state index >= 15 is 0 Å². The molecule has 1 amide bonds. The molecule has 1 fully saturated rings. The smallest absolute Gasteiger partial charge is 0.266 e. The number of unbranched alkanes of at least 4 members (excludes halogenated alkanes) is 2. The van der Waals surface area contributed by atoms with Crippen LogP contribution >= 0.6 is 11.3 Å². The molecule has 1 aliphatic rings. The second-order valence-electron chi connectivity index (χ2n) is 5.82. The van der Waals surface area contributed by atoms with E-state index in [0.29, 0.717) is 23.7 Å². The molecule has 0 saturated heterocycles. The maximum Gasteiger partial charge on any atom is 0.266 e. The first-order chi connectivity index (χ1) is 11.2. The number of hydrogen-bond acceptors (Lipinski definition) is 4. The third-order valence-electron chi connectivity index (χ3n) is 4.11. The minimum atomic E-state index is -0.511. The first-order valence-corrected chi connectivity index (χ1v) is 8.96. The number of rotatable bonds is 7. The lowest BCUT2D eigenvalue weighted by molar-refractivity contribution is 0.0904. The molecule has 0 aromatic carbocycles. The lowest BCUT2D eigenvalue weighted by Gasteiger charge is -2.33. The van der Waals surface area contributed by atoms with Crippen LogP contribution in [0.3, 0.4) is 0 Å². The summed E-state index contributed by atoms with van der Waals surface area (Å²) in [6.07, 6.45) is 12.8. The lowest BCUT2D eigenvalue weighted by atomic mass is 9.82. The minimum absolute atomic E-state index is 0.146. The normalized spacial score (nSPS) is 16.1. The van der Waals surface area contributed by atoms with Crippen LogP contribution in [0.1, 0.15) is 61.0 Å². The van der Waals surface area contributed by atoms with Gasteiger partial charge in [-0.15, -0.1) is 17.8 Å². The van der Waals surface area contributed by atoms with E-state index in [0.717, 1.165) is 38.5 Å². The van der Waals surface area contributed by atoms with Crippen LogP contribution in [0.2, 0.25) is 0 Å². The van der Waals surface area contributed by atoms with Gasteiger partial charge in [-0.25, -0.2) is 0 Å². The van der Waals surface area contributed by atoms with Crippen molar-refractivity contribution in [2.24, 2.45) is 0 Å². The highest BCUT2D eigenvalue weighted by atomic mass is 32.1. The molecule has 1 aromatic rings. The highest BCUT2D eigenvalue weighted by Crippen LogP contribution is 2.30. The minimum Gasteiger partial charge on any atom is -0.492 e. The Morgan fingerprint density at radius 2 is 2.17 bits per heavy atom. The van der Waals surface area contributed by atoms with Crippen LogP contribution in [0.15, 0.2) is 11.4 Å². The molecule has 122 valence electrons. The lowest BCUT2D eigenvalue weighted by Crippen LogP contribution is -2.48. The maximum absolute atomic E-state index is 12.6. The molecule has 0 spiro atoms. The number of ether oxygens (including phenoxy) is 1. The van der Waals surface area contributed by atoms with Gasteiger partial charge in [0.2, 0.25) is 0 Å². The first kappa shape index (κ1) is 17.4. The highest BCUT2D eigenvalue weighted by Gasteiger charge is 2.32. The van der Waals surface area contributed by atoms with Crippen molar-refractivity contribution in [2.75, 3.05) is 6.61 Å². The molecule has 0 radical (unpaired) electrons. The van der Waals surface area contributed by atoms with E-state index in [1.54, 1.807) is 0 Å². The summed E-state index contributed by atoms with van der Waals surface area (Å²) in [4.78, 5) is 13.1. The largest absolute Gasteiger partial charge is 0.492 e. The van der Waals surface area contributed by atoms with Crippen molar-refractivity contribution in [3.05, 3.63) is 16.3 Å². The summed E-state index contributed by atoms with van der Waals surface area (Å²) < 4.78 is 5.69. The quantitative estimate of drug-likeness (QED) is 0.609. The number of carbonyl (C=O) groups excluding carboxylic acids is 1. The topological polar surface area (TPSA) is 62.1 Å². The van der Waals surface area contributed by atoms with Gasteiger partial charge in [-0.2, -0.15) is 5.26 Å². The SMILES string of the molecule is C#CC1(NC(=O)c2sccc2OCCCCC#N)CCCCC1. The summed E-state index contributed by atoms with van der Waals surface area (Å²) in [7, 11) is 0. The summed E-state index contributed by atoms with van der Waals surface area (Å²) in [5.74, 6) is 3.26. The Balaban J connectivity index is 1.93. The molecule has 1 saturated carbocycles. The molecule has 0 bridgehead atoms. The summed E-state index contributed by atoms with van der Waals surface area (Å²) >= 11 is 1.37. The zero-order valence-corrected chi connectivity index (χ0v) is 14.1. The van der Waals surface area contributed by atoms with Gasteiger partial charge < -0.3 is 10.1 Å². The Hall–Kier alpha value is -1.98. The van der Waals surface area contributed by atoms with Gasteiger partial charge in [0.25, 0.3) is 5.91 Å². The van der Waals surface area contributed by atoms with E-state index in [2.05, 4.69) is 17.3 Å². The molecule has 23 heavy (non-hydrogen) atoms. The van der Waals surface area contributed by atoms with Crippen molar-refractivity contribution >= 4 is 17.2 Å². The van der Waals surface area contributed by atoms with Gasteiger partial charge in [0.1, 0.15) is 16.2 Å². The van der Waals surface area contributed by atoms with Gasteiger partial charge in [0, 0.05) is 6.42 Å². The number of amides is 1. The van der Waals surface area contributed by atoms with Crippen LogP contribution in [0, 0.1) is 23.7 Å². The van der Waals surface area contributed by atoms with E-state index in [9.17, 15) is 4.79 Å². The maximum atomic E-state index is 12.6. The number of hydrogen-bond donors (Lipinski definition) is 1. The van der Waals surface area contributed by atoms with Crippen LogP contribution in [-0.4, -0.2) is 18.1 Å². The van der Waals surface area contributed by atoms with Crippen molar-refractivity contribution in [1.29, 1.82) is 5.26 Å². The fourth-order valence-corrected chi connectivity index (χ4v) is 3.53. The first-order valence-electron chi connectivity index (χ1n) is 8.08. The zero-order chi connectivity index (χ0) is 16.5. The van der Waals surface area contributed by atoms with Gasteiger partial charge in [0.05, 0.1) is 12.7 Å². The fraction of sp³-hybridized carbons (Fsp3) is 0.556. The molecule has 0 aliphatic heterocycles. The van der Waals surface area contributed by atoms with Crippen LogP contribution in [0.25, 0.3) is 0 Å². The third kappa shape index (κ3) is 4.74. The molecule has 1 N–H and O–H groups in total. The average Bonchev–Trinajstić information content (AvgIpc) is 3.04. The molecule has 0 atom stereocenters. The van der Waals surface area contributed by atoms with Crippen molar-refractivity contribution in [3.8, 4) is 24.2 Å². The van der Waals surface area contributed by atoms with Crippen LogP contribution in [0.4, 0.5) is 0 Å². The molecule has 1 aliphatic carbocycles. The third-order valence-corrected chi connectivity index (χ3v) is 5.01. The van der Waals surface area contributed by atoms with Crippen molar-refractivity contribution in [1.82, 2.24) is 5.32 Å². The zero-order valence-electron chi connectivity index (χ0n) is 13.3. The predicted molar refractivity (Wildman–Crippen MR) is 91.4 cm³/mol. The van der Waals surface area contributed by atoms with E-state index < -0.39 is 5.54 Å². The molecular weight excluding hydrogens is 308 g/mol. The Bertz CT molecular complexity index is 603. The number of carbonyl (C=O) groups is 1. The average molecular weight is 330 g/mol. The second kappa shape index (κ2) is 8.60. The van der Waals surface area contributed by atoms with Crippen LogP contribution in [0.5, 0.6) is 5.75 Å². The molecule has 2 rings (SSSR count). The number of thiophene rings is 1. The van der Waals surface area contributed by atoms with Gasteiger partial charge in [0.15, 0.2) is 0 Å². The Labute approximate surface area is 141 Å². The Morgan fingerprint density at radius 1 is 1.39 bits per heavy atom. The second-order valence-corrected chi connectivity index (χ2v) is 6.74. The molecule has 5 heteroatoms. The van der Waals surface area contributed by atoms with Gasteiger partial charge in [-0.3, -0.25) is 4.79 Å². The van der Waals surface area contributed by atoms with Crippen LogP contribution < -0.4 is 10.1 Å². The van der Waals surface area contributed by atoms with Crippen LogP contribution in [-0.2, 0) is 0 Å². The van der Waals surface area contributed by atoms with E-state index in [4.69, 9.17) is 16.4 Å². The Morgan fingerprint density at radius 3 is 2.87 bits per heavy atom. The van der Waals surface area contributed by atoms with Crippen molar-refractivity contribution in [3.63, 3.8) is 0 Å². The molecule has 1 aromatic heterocycles. The summed E-state index contributed by atoms with van der Waals surface area (Å²) in [5, 5.41) is 13.4. The Kier molecular flexibility index (Phi) is 6.50. The number of terminal acetylenes is 1. The number of nitrogens with zero attached hydrogens (tertiary/aromatic N) is 1. The van der Waals surface area contributed by atoms with Crippen molar-refractivity contribution < 1.29 is 9.53 Å². The predicted octanol–water partition coefficient (Wildman–Crippen LogP) is 3.89.